The molecule has 0 spiro atoms. The first-order valence-corrected chi connectivity index (χ1v) is 3.28. The average Bonchev–Trinajstić information content (AvgIpc) is 2.05. The van der Waals surface area contributed by atoms with Crippen LogP contribution in [-0.2, 0) is 0 Å². The van der Waals surface area contributed by atoms with Gasteiger partial charge in [0.25, 0.3) is 0 Å². The lowest BCUT2D eigenvalue weighted by Gasteiger charge is -2.10. The number of rotatable bonds is 1. The second kappa shape index (κ2) is 3.07. The number of hydrogen-bond acceptors (Lipinski definition) is 2. The molecule has 0 unspecified atom stereocenters. The highest BCUT2D eigenvalue weighted by Gasteiger charge is 1.93. The van der Waals surface area contributed by atoms with E-state index in [9.17, 15) is 0 Å². The fourth-order valence-corrected chi connectivity index (χ4v) is 0.790. The third kappa shape index (κ3) is 1.71. The van der Waals surface area contributed by atoms with E-state index in [1.165, 1.54) is 0 Å². The Hall–Kier alpha value is -1.49. The molecule has 0 aliphatic rings. The largest absolute Gasteiger partial charge is 0.373 e. The minimum Gasteiger partial charge on any atom is -0.373 e. The van der Waals surface area contributed by atoms with Crippen LogP contribution in [0.2, 0.25) is 0 Å². The zero-order chi connectivity index (χ0) is 8.27. The van der Waals surface area contributed by atoms with Crippen molar-refractivity contribution in [2.75, 3.05) is 11.9 Å². The van der Waals surface area contributed by atoms with Crippen molar-refractivity contribution in [1.29, 1.82) is 5.26 Å². The molecule has 0 aromatic heterocycles. The molecule has 0 amide bonds. The lowest BCUT2D eigenvalue weighted by molar-refractivity contribution is 1.20. The predicted molar refractivity (Wildman–Crippen MR) is 44.9 cm³/mol. The van der Waals surface area contributed by atoms with Gasteiger partial charge in [-0.3, -0.25) is 0 Å². The first-order chi connectivity index (χ1) is 5.24. The van der Waals surface area contributed by atoms with E-state index in [4.69, 9.17) is 5.26 Å². The van der Waals surface area contributed by atoms with Crippen molar-refractivity contribution in [1.82, 2.24) is 0 Å². The van der Waals surface area contributed by atoms with Gasteiger partial charge in [0.2, 0.25) is 0 Å². The van der Waals surface area contributed by atoms with Gasteiger partial charge in [0, 0.05) is 19.8 Å². The molecule has 2 heteroatoms. The van der Waals surface area contributed by atoms with Crippen LogP contribution < -0.4 is 4.90 Å². The molecular formula is C9H9N2. The van der Waals surface area contributed by atoms with E-state index < -0.39 is 0 Å². The highest BCUT2D eigenvalue weighted by molar-refractivity contribution is 5.49. The zero-order valence-corrected chi connectivity index (χ0v) is 6.41. The van der Waals surface area contributed by atoms with Crippen LogP contribution in [0.1, 0.15) is 5.56 Å². The number of benzene rings is 1. The van der Waals surface area contributed by atoms with Crippen LogP contribution in [0.25, 0.3) is 0 Å². The molecule has 1 radical (unpaired) electrons. The maximum atomic E-state index is 8.49. The van der Waals surface area contributed by atoms with E-state index in [0.29, 0.717) is 5.56 Å². The Morgan fingerprint density at radius 2 is 1.91 bits per heavy atom. The summed E-state index contributed by atoms with van der Waals surface area (Å²) in [6.45, 7) is 0. The van der Waals surface area contributed by atoms with Crippen molar-refractivity contribution in [2.45, 2.75) is 0 Å². The summed E-state index contributed by atoms with van der Waals surface area (Å²) in [5, 5.41) is 8.49. The predicted octanol–water partition coefficient (Wildman–Crippen LogP) is 1.79. The van der Waals surface area contributed by atoms with Crippen molar-refractivity contribution < 1.29 is 0 Å². The van der Waals surface area contributed by atoms with Crippen LogP contribution in [0, 0.1) is 18.4 Å². The summed E-state index contributed by atoms with van der Waals surface area (Å²) in [7, 11) is 5.58. The monoisotopic (exact) mass is 145 g/mol. The lowest BCUT2D eigenvalue weighted by Crippen LogP contribution is -2.04. The molecular weight excluding hydrogens is 136 g/mol. The maximum Gasteiger partial charge on any atom is 0.0991 e. The van der Waals surface area contributed by atoms with Crippen molar-refractivity contribution in [3.63, 3.8) is 0 Å². The molecule has 55 valence electrons. The molecule has 2 nitrogen and oxygen atoms in total. The number of nitrogens with zero attached hydrogens (tertiary/aromatic N) is 2. The molecule has 0 heterocycles. The third-order valence-electron chi connectivity index (χ3n) is 1.44. The summed E-state index contributed by atoms with van der Waals surface area (Å²) < 4.78 is 0. The van der Waals surface area contributed by atoms with E-state index in [1.807, 2.05) is 19.2 Å². The summed E-state index contributed by atoms with van der Waals surface area (Å²) in [5.41, 5.74) is 1.68. The molecule has 1 rings (SSSR count). The lowest BCUT2D eigenvalue weighted by atomic mass is 10.2. The Labute approximate surface area is 66.7 Å². The Morgan fingerprint density at radius 1 is 1.36 bits per heavy atom. The second-order valence-electron chi connectivity index (χ2n) is 2.36. The highest BCUT2D eigenvalue weighted by atomic mass is 15.1. The SMILES string of the molecule is [CH2]N(C)c1ccc(C#N)cc1. The first-order valence-electron chi connectivity index (χ1n) is 3.28. The molecule has 0 fully saturated rings. The first kappa shape index (κ1) is 7.62. The van der Waals surface area contributed by atoms with Crippen LogP contribution in [0.4, 0.5) is 5.69 Å². The molecule has 0 aliphatic heterocycles. The van der Waals surface area contributed by atoms with Gasteiger partial charge in [-0.05, 0) is 24.3 Å². The Morgan fingerprint density at radius 3 is 2.27 bits per heavy atom. The number of anilines is 1. The van der Waals surface area contributed by atoms with Crippen molar-refractivity contribution in [2.24, 2.45) is 0 Å². The molecule has 1 aromatic carbocycles. The summed E-state index contributed by atoms with van der Waals surface area (Å²) in [4.78, 5) is 1.75. The van der Waals surface area contributed by atoms with Crippen LogP contribution in [-0.4, -0.2) is 7.05 Å². The Balaban J connectivity index is 2.94. The van der Waals surface area contributed by atoms with Crippen LogP contribution in [0.15, 0.2) is 24.3 Å². The minimum absolute atomic E-state index is 0.676. The third-order valence-corrected chi connectivity index (χ3v) is 1.44. The topological polar surface area (TPSA) is 27.0 Å². The van der Waals surface area contributed by atoms with Crippen LogP contribution in [0.5, 0.6) is 0 Å². The van der Waals surface area contributed by atoms with E-state index in [-0.39, 0.29) is 0 Å². The smallest absolute Gasteiger partial charge is 0.0991 e. The molecule has 0 saturated carbocycles. The van der Waals surface area contributed by atoms with E-state index in [0.717, 1.165) is 5.69 Å². The molecule has 1 aromatic rings. The van der Waals surface area contributed by atoms with E-state index in [2.05, 4.69) is 13.1 Å². The Kier molecular flexibility index (Phi) is 2.12. The average molecular weight is 145 g/mol. The standard InChI is InChI=1S/C9H9N2/c1-11(2)9-5-3-8(7-10)4-6-9/h3-6H,1H2,2H3. The van der Waals surface area contributed by atoms with Gasteiger partial charge in [-0.1, -0.05) is 0 Å². The zero-order valence-electron chi connectivity index (χ0n) is 6.41. The summed E-state index contributed by atoms with van der Waals surface area (Å²) in [5.74, 6) is 0. The molecule has 0 saturated heterocycles. The Bertz CT molecular complexity index is 267. The summed E-state index contributed by atoms with van der Waals surface area (Å²) in [6.07, 6.45) is 0. The molecule has 0 aliphatic carbocycles. The van der Waals surface area contributed by atoms with E-state index in [1.54, 1.807) is 17.0 Å². The minimum atomic E-state index is 0.676. The van der Waals surface area contributed by atoms with Gasteiger partial charge in [0.05, 0.1) is 11.6 Å². The van der Waals surface area contributed by atoms with Crippen LogP contribution >= 0.6 is 0 Å². The molecule has 0 atom stereocenters. The van der Waals surface area contributed by atoms with Gasteiger partial charge in [-0.25, -0.2) is 0 Å². The fraction of sp³-hybridized carbons (Fsp3) is 0.111. The van der Waals surface area contributed by atoms with Gasteiger partial charge in [-0.15, -0.1) is 0 Å². The number of hydrogen-bond donors (Lipinski definition) is 0. The van der Waals surface area contributed by atoms with Crippen LogP contribution in [0.3, 0.4) is 0 Å². The summed E-state index contributed by atoms with van der Waals surface area (Å²) >= 11 is 0. The van der Waals surface area contributed by atoms with Gasteiger partial charge in [-0.2, -0.15) is 5.26 Å². The van der Waals surface area contributed by atoms with Gasteiger partial charge in [0.1, 0.15) is 0 Å². The summed E-state index contributed by atoms with van der Waals surface area (Å²) in [6, 6.07) is 9.34. The van der Waals surface area contributed by atoms with E-state index >= 15 is 0 Å². The number of nitriles is 1. The quantitative estimate of drug-likeness (QED) is 0.602. The van der Waals surface area contributed by atoms with Gasteiger partial charge in [0.15, 0.2) is 0 Å². The molecule has 11 heavy (non-hydrogen) atoms. The second-order valence-corrected chi connectivity index (χ2v) is 2.36. The fourth-order valence-electron chi connectivity index (χ4n) is 0.790. The normalized spacial score (nSPS) is 8.82. The molecule has 0 N–H and O–H groups in total. The van der Waals surface area contributed by atoms with Crippen molar-refractivity contribution >= 4 is 5.69 Å². The molecule has 0 bridgehead atoms. The van der Waals surface area contributed by atoms with Crippen molar-refractivity contribution in [3.8, 4) is 6.07 Å². The highest BCUT2D eigenvalue weighted by Crippen LogP contribution is 2.11. The maximum absolute atomic E-state index is 8.49. The van der Waals surface area contributed by atoms with Gasteiger partial charge < -0.3 is 4.90 Å². The van der Waals surface area contributed by atoms with Gasteiger partial charge >= 0.3 is 0 Å². The van der Waals surface area contributed by atoms with Crippen molar-refractivity contribution in [3.05, 3.63) is 36.9 Å².